The van der Waals surface area contributed by atoms with Gasteiger partial charge in [0, 0.05) is 25.6 Å². The van der Waals surface area contributed by atoms with Gasteiger partial charge in [0.15, 0.2) is 5.69 Å². The van der Waals surface area contributed by atoms with E-state index in [1.54, 1.807) is 12.0 Å². The van der Waals surface area contributed by atoms with E-state index in [0.29, 0.717) is 13.1 Å². The monoisotopic (exact) mass is 282 g/mol. The first kappa shape index (κ1) is 14.4. The molecule has 0 radical (unpaired) electrons. The molecule has 1 amide bonds. The SMILES string of the molecule is COC1CN(C(=O)c2cn(CC(=O)O)nn2)CC1(C)C. The summed E-state index contributed by atoms with van der Waals surface area (Å²) >= 11 is 0. The van der Waals surface area contributed by atoms with E-state index in [-0.39, 0.29) is 29.7 Å². The molecule has 0 saturated carbocycles. The predicted octanol–water partition coefficient (Wildman–Crippen LogP) is -0.140. The minimum Gasteiger partial charge on any atom is -0.480 e. The molecule has 1 fully saturated rings. The van der Waals surface area contributed by atoms with Crippen LogP contribution in [0.1, 0.15) is 24.3 Å². The van der Waals surface area contributed by atoms with Crippen molar-refractivity contribution in [2.24, 2.45) is 5.41 Å². The lowest BCUT2D eigenvalue weighted by molar-refractivity contribution is -0.137. The lowest BCUT2D eigenvalue weighted by Gasteiger charge is -2.23. The van der Waals surface area contributed by atoms with Crippen molar-refractivity contribution in [2.75, 3.05) is 20.2 Å². The molecule has 0 aliphatic carbocycles. The Morgan fingerprint density at radius 3 is 2.80 bits per heavy atom. The fraction of sp³-hybridized carbons (Fsp3) is 0.667. The van der Waals surface area contributed by atoms with Gasteiger partial charge in [-0.15, -0.1) is 5.10 Å². The topological polar surface area (TPSA) is 97.5 Å². The predicted molar refractivity (Wildman–Crippen MR) is 68.1 cm³/mol. The zero-order valence-electron chi connectivity index (χ0n) is 11.7. The van der Waals surface area contributed by atoms with E-state index in [9.17, 15) is 9.59 Å². The average molecular weight is 282 g/mol. The van der Waals surface area contributed by atoms with Crippen molar-refractivity contribution in [3.8, 4) is 0 Å². The maximum absolute atomic E-state index is 12.3. The summed E-state index contributed by atoms with van der Waals surface area (Å²) in [7, 11) is 1.63. The van der Waals surface area contributed by atoms with Crippen molar-refractivity contribution in [1.82, 2.24) is 19.9 Å². The molecule has 2 heterocycles. The summed E-state index contributed by atoms with van der Waals surface area (Å²) in [6, 6.07) is 0. The van der Waals surface area contributed by atoms with Crippen LogP contribution < -0.4 is 0 Å². The number of aromatic nitrogens is 3. The second kappa shape index (κ2) is 5.20. The number of rotatable bonds is 4. The van der Waals surface area contributed by atoms with E-state index in [0.717, 1.165) is 4.68 Å². The normalized spacial score (nSPS) is 21.1. The van der Waals surface area contributed by atoms with E-state index >= 15 is 0 Å². The molecule has 8 heteroatoms. The number of carboxylic acids is 1. The van der Waals surface area contributed by atoms with Crippen molar-refractivity contribution < 1.29 is 19.4 Å². The molecule has 20 heavy (non-hydrogen) atoms. The number of carboxylic acid groups (broad SMARTS) is 1. The number of likely N-dealkylation sites (tertiary alicyclic amines) is 1. The molecule has 1 aliphatic heterocycles. The molecule has 0 bridgehead atoms. The minimum atomic E-state index is -1.03. The van der Waals surface area contributed by atoms with Gasteiger partial charge in [-0.05, 0) is 0 Å². The molecule has 1 saturated heterocycles. The van der Waals surface area contributed by atoms with E-state index in [1.165, 1.54) is 6.20 Å². The number of nitrogens with zero attached hydrogens (tertiary/aromatic N) is 4. The number of amides is 1. The average Bonchev–Trinajstić information content (AvgIpc) is 2.91. The zero-order chi connectivity index (χ0) is 14.9. The van der Waals surface area contributed by atoms with Gasteiger partial charge in [0.1, 0.15) is 6.54 Å². The Bertz CT molecular complexity index is 525. The lowest BCUT2D eigenvalue weighted by Crippen LogP contribution is -2.30. The number of hydrogen-bond donors (Lipinski definition) is 1. The van der Waals surface area contributed by atoms with Crippen LogP contribution in [0.15, 0.2) is 6.20 Å². The number of carbonyl (C=O) groups excluding carboxylic acids is 1. The molecule has 1 aromatic heterocycles. The molecule has 2 rings (SSSR count). The van der Waals surface area contributed by atoms with Crippen LogP contribution in [0.2, 0.25) is 0 Å². The Kier molecular flexibility index (Phi) is 3.76. The molecule has 1 N–H and O–H groups in total. The fourth-order valence-electron chi connectivity index (χ4n) is 2.43. The summed E-state index contributed by atoms with van der Waals surface area (Å²) in [5.74, 6) is -1.29. The maximum Gasteiger partial charge on any atom is 0.325 e. The van der Waals surface area contributed by atoms with Gasteiger partial charge in [0.25, 0.3) is 5.91 Å². The molecule has 1 atom stereocenters. The van der Waals surface area contributed by atoms with Crippen molar-refractivity contribution in [3.63, 3.8) is 0 Å². The van der Waals surface area contributed by atoms with Gasteiger partial charge in [-0.3, -0.25) is 9.59 Å². The fourth-order valence-corrected chi connectivity index (χ4v) is 2.43. The molecular weight excluding hydrogens is 264 g/mol. The Labute approximate surface area is 116 Å². The standard InChI is InChI=1S/C12H18N4O4/c1-12(2)7-15(5-9(12)20-3)11(19)8-4-16(14-13-8)6-10(17)18/h4,9H,5-7H2,1-3H3,(H,17,18). The summed E-state index contributed by atoms with van der Waals surface area (Å²) in [5.41, 5.74) is 0.0281. The summed E-state index contributed by atoms with van der Waals surface area (Å²) in [6.07, 6.45) is 1.32. The van der Waals surface area contributed by atoms with Crippen LogP contribution in [-0.2, 0) is 16.1 Å². The molecule has 0 aromatic carbocycles. The zero-order valence-corrected chi connectivity index (χ0v) is 11.7. The van der Waals surface area contributed by atoms with Crippen LogP contribution in [0.3, 0.4) is 0 Å². The molecule has 1 unspecified atom stereocenters. The Morgan fingerprint density at radius 2 is 2.25 bits per heavy atom. The highest BCUT2D eigenvalue weighted by atomic mass is 16.5. The van der Waals surface area contributed by atoms with Gasteiger partial charge in [-0.2, -0.15) is 0 Å². The molecule has 110 valence electrons. The van der Waals surface area contributed by atoms with Gasteiger partial charge >= 0.3 is 5.97 Å². The highest BCUT2D eigenvalue weighted by Gasteiger charge is 2.42. The minimum absolute atomic E-state index is 0.0273. The van der Waals surface area contributed by atoms with Crippen molar-refractivity contribution in [3.05, 3.63) is 11.9 Å². The first-order valence-electron chi connectivity index (χ1n) is 6.27. The van der Waals surface area contributed by atoms with Gasteiger partial charge in [-0.1, -0.05) is 19.1 Å². The first-order valence-corrected chi connectivity index (χ1v) is 6.27. The highest BCUT2D eigenvalue weighted by molar-refractivity contribution is 5.92. The van der Waals surface area contributed by atoms with Crippen LogP contribution in [0.4, 0.5) is 0 Å². The quantitative estimate of drug-likeness (QED) is 0.825. The Hall–Kier alpha value is -1.96. The van der Waals surface area contributed by atoms with Crippen molar-refractivity contribution >= 4 is 11.9 Å². The summed E-state index contributed by atoms with van der Waals surface area (Å²) < 4.78 is 6.52. The third-order valence-electron chi connectivity index (χ3n) is 3.48. The van der Waals surface area contributed by atoms with Crippen molar-refractivity contribution in [2.45, 2.75) is 26.5 Å². The van der Waals surface area contributed by atoms with Gasteiger partial charge in [0.05, 0.1) is 12.3 Å². The molecular formula is C12H18N4O4. The maximum atomic E-state index is 12.3. The Morgan fingerprint density at radius 1 is 1.55 bits per heavy atom. The molecule has 1 aliphatic rings. The number of hydrogen-bond acceptors (Lipinski definition) is 5. The van der Waals surface area contributed by atoms with E-state index in [4.69, 9.17) is 9.84 Å². The molecule has 1 aromatic rings. The number of aliphatic carboxylic acids is 1. The molecule has 0 spiro atoms. The third-order valence-corrected chi connectivity index (χ3v) is 3.48. The highest BCUT2D eigenvalue weighted by Crippen LogP contribution is 2.32. The second-order valence-corrected chi connectivity index (χ2v) is 5.59. The van der Waals surface area contributed by atoms with Gasteiger partial charge in [0.2, 0.25) is 0 Å². The van der Waals surface area contributed by atoms with Crippen LogP contribution in [0.25, 0.3) is 0 Å². The second-order valence-electron chi connectivity index (χ2n) is 5.59. The Balaban J connectivity index is 2.09. The van der Waals surface area contributed by atoms with E-state index < -0.39 is 5.97 Å². The molecule has 8 nitrogen and oxygen atoms in total. The van der Waals surface area contributed by atoms with Crippen LogP contribution >= 0.6 is 0 Å². The number of carbonyl (C=O) groups is 2. The van der Waals surface area contributed by atoms with Gasteiger partial charge in [-0.25, -0.2) is 4.68 Å². The van der Waals surface area contributed by atoms with Crippen LogP contribution in [0, 0.1) is 5.41 Å². The smallest absolute Gasteiger partial charge is 0.325 e. The number of methoxy groups -OCH3 is 1. The van der Waals surface area contributed by atoms with Crippen LogP contribution in [0.5, 0.6) is 0 Å². The van der Waals surface area contributed by atoms with E-state index in [2.05, 4.69) is 10.3 Å². The summed E-state index contributed by atoms with van der Waals surface area (Å²) in [6.45, 7) is 4.82. The summed E-state index contributed by atoms with van der Waals surface area (Å²) in [5, 5.41) is 16.0. The lowest BCUT2D eigenvalue weighted by atomic mass is 9.90. The largest absolute Gasteiger partial charge is 0.480 e. The summed E-state index contributed by atoms with van der Waals surface area (Å²) in [4.78, 5) is 24.5. The number of ether oxygens (including phenoxy) is 1. The first-order chi connectivity index (χ1) is 9.33. The third kappa shape index (κ3) is 2.79. The van der Waals surface area contributed by atoms with E-state index in [1.807, 2.05) is 13.8 Å². The van der Waals surface area contributed by atoms with Crippen molar-refractivity contribution in [1.29, 1.82) is 0 Å². The van der Waals surface area contributed by atoms with Crippen LogP contribution in [-0.4, -0.2) is 63.2 Å². The van der Waals surface area contributed by atoms with Gasteiger partial charge < -0.3 is 14.7 Å².